The lowest BCUT2D eigenvalue weighted by Gasteiger charge is -2.53. The van der Waals surface area contributed by atoms with E-state index in [1.807, 2.05) is 18.2 Å². The second-order valence-electron chi connectivity index (χ2n) is 16.3. The average Bonchev–Trinajstić information content (AvgIpc) is 3.26. The monoisotopic (exact) mass is 766 g/mol. The van der Waals surface area contributed by atoms with Crippen LogP contribution in [0.5, 0.6) is 5.75 Å². The summed E-state index contributed by atoms with van der Waals surface area (Å²) in [5.41, 5.74) is 3.44. The zero-order valence-electron chi connectivity index (χ0n) is 32.1. The molecule has 3 aliphatic heterocycles. The summed E-state index contributed by atoms with van der Waals surface area (Å²) in [5.74, 6) is 1.97. The average molecular weight is 767 g/mol. The fraction of sp³-hybridized carbons (Fsp3) is 0.643. The predicted octanol–water partition coefficient (Wildman–Crippen LogP) is 6.26. The van der Waals surface area contributed by atoms with Crippen LogP contribution < -0.4 is 14.4 Å². The van der Waals surface area contributed by atoms with Crippen LogP contribution in [0.3, 0.4) is 0 Å². The highest BCUT2D eigenvalue weighted by molar-refractivity contribution is 7.83. The van der Waals surface area contributed by atoms with Gasteiger partial charge in [0.15, 0.2) is 0 Å². The van der Waals surface area contributed by atoms with Crippen LogP contribution in [0.2, 0.25) is 5.02 Å². The summed E-state index contributed by atoms with van der Waals surface area (Å²) in [7, 11) is -1.42. The van der Waals surface area contributed by atoms with Crippen molar-refractivity contribution in [2.24, 2.45) is 17.8 Å². The van der Waals surface area contributed by atoms with E-state index in [4.69, 9.17) is 25.8 Å². The SMILES string of the molecule is CCO[C@@](/C=C/C(C)C)(CN1CCN(C2COC2)CC1)C1CCC1CN1C[C@@]2(CCCc3cc(Cl)ccc32)COc2ccc(C(=O)NS(=O)CC)cc21. The molecule has 11 heteroatoms. The second-order valence-corrected chi connectivity index (χ2v) is 18.2. The Morgan fingerprint density at radius 2 is 1.94 bits per heavy atom. The number of halogens is 1. The van der Waals surface area contributed by atoms with E-state index in [-0.39, 0.29) is 11.3 Å². The maximum absolute atomic E-state index is 13.3. The molecule has 7 rings (SSSR count). The van der Waals surface area contributed by atoms with Gasteiger partial charge >= 0.3 is 0 Å². The molecule has 2 aliphatic carbocycles. The zero-order chi connectivity index (χ0) is 37.2. The molecule has 3 fully saturated rings. The first kappa shape index (κ1) is 38.8. The maximum Gasteiger partial charge on any atom is 0.263 e. The molecule has 2 aromatic carbocycles. The number of anilines is 1. The van der Waals surface area contributed by atoms with Crippen molar-refractivity contribution in [1.29, 1.82) is 0 Å². The van der Waals surface area contributed by atoms with Gasteiger partial charge in [-0.3, -0.25) is 19.3 Å². The van der Waals surface area contributed by atoms with E-state index in [1.54, 1.807) is 13.0 Å². The van der Waals surface area contributed by atoms with Gasteiger partial charge in [0, 0.05) is 74.2 Å². The van der Waals surface area contributed by atoms with Gasteiger partial charge in [0.2, 0.25) is 0 Å². The summed E-state index contributed by atoms with van der Waals surface area (Å²) in [6, 6.07) is 12.6. The van der Waals surface area contributed by atoms with Gasteiger partial charge < -0.3 is 19.1 Å². The van der Waals surface area contributed by atoms with Gasteiger partial charge in [-0.05, 0) is 98.2 Å². The van der Waals surface area contributed by atoms with Crippen molar-refractivity contribution in [1.82, 2.24) is 14.5 Å². The van der Waals surface area contributed by atoms with Crippen LogP contribution in [-0.4, -0.2) is 110 Å². The third-order valence-corrected chi connectivity index (χ3v) is 13.6. The smallest absolute Gasteiger partial charge is 0.263 e. The molecule has 1 N–H and O–H groups in total. The maximum atomic E-state index is 13.3. The number of rotatable bonds is 13. The van der Waals surface area contributed by atoms with Crippen LogP contribution in [0.1, 0.15) is 74.9 Å². The molecule has 53 heavy (non-hydrogen) atoms. The lowest BCUT2D eigenvalue weighted by molar-refractivity contribution is -0.119. The highest BCUT2D eigenvalue weighted by Crippen LogP contribution is 2.49. The summed E-state index contributed by atoms with van der Waals surface area (Å²) < 4.78 is 34.2. The first-order valence-electron chi connectivity index (χ1n) is 20.0. The van der Waals surface area contributed by atoms with E-state index in [0.717, 1.165) is 108 Å². The molecule has 1 amide bonds. The molecule has 5 atom stereocenters. The number of ether oxygens (including phenoxy) is 3. The van der Waals surface area contributed by atoms with Crippen LogP contribution in [0.4, 0.5) is 5.69 Å². The van der Waals surface area contributed by atoms with Crippen molar-refractivity contribution in [2.75, 3.05) is 82.9 Å². The molecule has 3 heterocycles. The van der Waals surface area contributed by atoms with Crippen LogP contribution >= 0.6 is 11.6 Å². The van der Waals surface area contributed by atoms with Crippen LogP contribution in [0, 0.1) is 17.8 Å². The van der Waals surface area contributed by atoms with Gasteiger partial charge in [0.05, 0.1) is 31.5 Å². The molecule has 2 aromatic rings. The summed E-state index contributed by atoms with van der Waals surface area (Å²) in [4.78, 5) is 21.0. The summed E-state index contributed by atoms with van der Waals surface area (Å²) >= 11 is 6.53. The summed E-state index contributed by atoms with van der Waals surface area (Å²) in [6.45, 7) is 18.1. The molecular weight excluding hydrogens is 708 g/mol. The predicted molar refractivity (Wildman–Crippen MR) is 214 cm³/mol. The van der Waals surface area contributed by atoms with Crippen molar-refractivity contribution in [3.8, 4) is 5.75 Å². The number of carbonyl (C=O) groups excluding carboxylic acids is 1. The number of benzene rings is 2. The number of nitrogens with zero attached hydrogens (tertiary/aromatic N) is 3. The Bertz CT molecular complexity index is 1660. The van der Waals surface area contributed by atoms with Crippen molar-refractivity contribution in [3.63, 3.8) is 0 Å². The van der Waals surface area contributed by atoms with E-state index in [2.05, 4.69) is 64.5 Å². The third kappa shape index (κ3) is 8.38. The molecule has 0 aromatic heterocycles. The van der Waals surface area contributed by atoms with E-state index >= 15 is 0 Å². The first-order chi connectivity index (χ1) is 25.6. The third-order valence-electron chi connectivity index (χ3n) is 12.5. The van der Waals surface area contributed by atoms with Crippen molar-refractivity contribution in [3.05, 3.63) is 70.3 Å². The highest BCUT2D eigenvalue weighted by atomic mass is 35.5. The summed E-state index contributed by atoms with van der Waals surface area (Å²) in [6.07, 6.45) is 10.1. The number of amides is 1. The van der Waals surface area contributed by atoms with Crippen molar-refractivity contribution < 1.29 is 23.2 Å². The highest BCUT2D eigenvalue weighted by Gasteiger charge is 2.50. The molecule has 0 radical (unpaired) electrons. The number of allylic oxidation sites excluding steroid dienone is 1. The quantitative estimate of drug-likeness (QED) is 0.240. The van der Waals surface area contributed by atoms with Crippen LogP contribution in [0.25, 0.3) is 0 Å². The minimum atomic E-state index is -1.42. The second kappa shape index (κ2) is 16.7. The molecule has 5 aliphatic rings. The largest absolute Gasteiger partial charge is 0.490 e. The molecule has 0 bridgehead atoms. The van der Waals surface area contributed by atoms with E-state index in [1.165, 1.54) is 11.1 Å². The number of piperazine rings is 1. The van der Waals surface area contributed by atoms with Crippen molar-refractivity contribution >= 4 is 34.2 Å². The molecule has 1 spiro atoms. The van der Waals surface area contributed by atoms with E-state index in [9.17, 15) is 9.00 Å². The number of fused-ring (bicyclic) bond motifs is 3. The molecule has 1 saturated carbocycles. The Balaban J connectivity index is 1.20. The number of carbonyl (C=O) groups is 1. The number of aryl methyl sites for hydroxylation is 1. The fourth-order valence-electron chi connectivity index (χ4n) is 9.39. The molecular formula is C42H59ClN4O5S. The minimum Gasteiger partial charge on any atom is -0.490 e. The lowest BCUT2D eigenvalue weighted by atomic mass is 9.63. The van der Waals surface area contributed by atoms with Gasteiger partial charge in [0.25, 0.3) is 5.91 Å². The molecule has 290 valence electrons. The van der Waals surface area contributed by atoms with E-state index in [0.29, 0.717) is 48.3 Å². The van der Waals surface area contributed by atoms with Gasteiger partial charge in [-0.25, -0.2) is 4.21 Å². The van der Waals surface area contributed by atoms with Gasteiger partial charge in [-0.1, -0.05) is 50.6 Å². The van der Waals surface area contributed by atoms with Crippen molar-refractivity contribution in [2.45, 2.75) is 76.9 Å². The van der Waals surface area contributed by atoms with E-state index < -0.39 is 16.6 Å². The number of nitrogens with one attached hydrogen (secondary N) is 1. The Kier molecular flexibility index (Phi) is 12.2. The van der Waals surface area contributed by atoms with Crippen LogP contribution in [0.15, 0.2) is 48.6 Å². The molecule has 2 saturated heterocycles. The Morgan fingerprint density at radius 1 is 1.13 bits per heavy atom. The first-order valence-corrected chi connectivity index (χ1v) is 21.7. The Labute approximate surface area is 324 Å². The lowest BCUT2D eigenvalue weighted by Crippen LogP contribution is -2.61. The van der Waals surface area contributed by atoms with Gasteiger partial charge in [0.1, 0.15) is 22.3 Å². The van der Waals surface area contributed by atoms with Gasteiger partial charge in [-0.15, -0.1) is 0 Å². The normalized spacial score (nSPS) is 26.9. The number of hydrogen-bond acceptors (Lipinski definition) is 8. The zero-order valence-corrected chi connectivity index (χ0v) is 33.7. The Hall–Kier alpha value is -2.47. The van der Waals surface area contributed by atoms with Crippen LogP contribution in [-0.2, 0) is 32.3 Å². The van der Waals surface area contributed by atoms with Gasteiger partial charge in [-0.2, -0.15) is 0 Å². The standard InChI is InChI=1S/C42H59ClN4O5S/c1-5-52-42(17-15-30(3)4,28-45-18-20-46(21-19-45)35-25-50-26-35)37-12-9-33(37)24-47-27-41(16-7-8-31-22-34(43)11-13-36(31)41)29-51-39-14-10-32(23-38(39)47)40(48)44-53(49)6-2/h10-11,13-15,17,22-23,30,33,35,37H,5-9,12,16,18-21,24-29H2,1-4H3,(H,44,48)/b17-15+/t33?,37?,41-,42-,53?/m0/s1. The number of hydrogen-bond donors (Lipinski definition) is 1. The Morgan fingerprint density at radius 3 is 2.62 bits per heavy atom. The molecule has 9 nitrogen and oxygen atoms in total. The summed E-state index contributed by atoms with van der Waals surface area (Å²) in [5, 5.41) is 0.771. The topological polar surface area (TPSA) is 83.6 Å². The minimum absolute atomic E-state index is 0.220. The molecule has 3 unspecified atom stereocenters. The fourth-order valence-corrected chi connectivity index (χ4v) is 10.1.